The smallest absolute Gasteiger partial charge is 0.264 e. The lowest BCUT2D eigenvalue weighted by atomic mass is 9.62. The summed E-state index contributed by atoms with van der Waals surface area (Å²) in [5.74, 6) is 0.487. The number of hydrogen-bond donors (Lipinski definition) is 2. The fourth-order valence-corrected chi connectivity index (χ4v) is 9.77. The van der Waals surface area contributed by atoms with Crippen molar-refractivity contribution < 1.29 is 23.1 Å². The molecule has 2 fully saturated rings. The number of amides is 1. The Balaban J connectivity index is 1.32. The van der Waals surface area contributed by atoms with Gasteiger partial charge < -0.3 is 14.7 Å². The molecule has 1 spiro atoms. The van der Waals surface area contributed by atoms with E-state index in [1.165, 1.54) is 11.1 Å². The van der Waals surface area contributed by atoms with Crippen molar-refractivity contribution in [2.24, 2.45) is 23.7 Å². The number of anilines is 1. The van der Waals surface area contributed by atoms with E-state index in [-0.39, 0.29) is 29.1 Å². The average Bonchev–Trinajstić information content (AvgIpc) is 3.83. The van der Waals surface area contributed by atoms with Crippen LogP contribution in [0.3, 0.4) is 0 Å². The summed E-state index contributed by atoms with van der Waals surface area (Å²) in [5, 5.41) is 12.2. The zero-order valence-corrected chi connectivity index (χ0v) is 27.2. The molecule has 2 heterocycles. The molecule has 0 saturated heterocycles. The molecule has 2 N–H and O–H groups in total. The minimum Gasteiger partial charge on any atom is -0.490 e. The summed E-state index contributed by atoms with van der Waals surface area (Å²) < 4.78 is 35.5. The molecule has 2 aromatic rings. The van der Waals surface area contributed by atoms with Gasteiger partial charge in [0.05, 0.1) is 23.1 Å². The highest BCUT2D eigenvalue weighted by Gasteiger charge is 2.54. The molecule has 2 aliphatic heterocycles. The Bertz CT molecular complexity index is 1610. The number of halogens is 1. The van der Waals surface area contributed by atoms with Crippen LogP contribution in [0.25, 0.3) is 0 Å². The summed E-state index contributed by atoms with van der Waals surface area (Å²) in [6.07, 6.45) is 11.5. The van der Waals surface area contributed by atoms with E-state index in [1.54, 1.807) is 19.1 Å². The molecule has 3 aliphatic carbocycles. The molecule has 5 aliphatic rings. The van der Waals surface area contributed by atoms with Gasteiger partial charge in [-0.3, -0.25) is 4.79 Å². The number of hydrogen-bond acceptors (Lipinski definition) is 6. The summed E-state index contributed by atoms with van der Waals surface area (Å²) in [5.41, 5.74) is 2.46. The fourth-order valence-electron chi connectivity index (χ4n) is 8.29. The second-order valence-corrected chi connectivity index (χ2v) is 16.7. The molecular weight excluding hydrogens is 596 g/mol. The second-order valence-electron chi connectivity index (χ2n) is 14.2. The van der Waals surface area contributed by atoms with Crippen LogP contribution in [0, 0.1) is 23.7 Å². The van der Waals surface area contributed by atoms with Crippen LogP contribution in [0.5, 0.6) is 5.75 Å². The first-order chi connectivity index (χ1) is 21.0. The SMILES string of the molecule is C[C@@H]1[C@@H](C)C/C=C/[C@@](O)(C2CC2)[C@@H]2CC[C@H]2CN2C[C@@]3(CCCc4cc(Cl)ccc43)COc3ccc(cc32)C(=O)NS1(=O)=O. The highest BCUT2D eigenvalue weighted by molar-refractivity contribution is 7.90. The largest absolute Gasteiger partial charge is 0.490 e. The Morgan fingerprint density at radius 2 is 1.91 bits per heavy atom. The van der Waals surface area contributed by atoms with Gasteiger partial charge in [0.1, 0.15) is 5.75 Å². The van der Waals surface area contributed by atoms with Gasteiger partial charge in [-0.1, -0.05) is 36.7 Å². The first-order valence-corrected chi connectivity index (χ1v) is 18.2. The highest BCUT2D eigenvalue weighted by Crippen LogP contribution is 2.54. The Kier molecular flexibility index (Phi) is 7.57. The molecule has 0 unspecified atom stereocenters. The van der Waals surface area contributed by atoms with Crippen molar-refractivity contribution in [3.8, 4) is 5.75 Å². The molecule has 6 atom stereocenters. The Morgan fingerprint density at radius 1 is 1.09 bits per heavy atom. The third kappa shape index (κ3) is 5.25. The quantitative estimate of drug-likeness (QED) is 0.371. The molecule has 7 nitrogen and oxygen atoms in total. The van der Waals surface area contributed by atoms with Crippen molar-refractivity contribution in [1.29, 1.82) is 0 Å². The number of carbonyl (C=O) groups is 1. The molecule has 2 bridgehead atoms. The maximum absolute atomic E-state index is 13.4. The molecule has 44 heavy (non-hydrogen) atoms. The molecule has 9 heteroatoms. The van der Waals surface area contributed by atoms with Crippen molar-refractivity contribution in [3.05, 3.63) is 70.3 Å². The molecular formula is C35H43ClN2O5S. The van der Waals surface area contributed by atoms with Crippen molar-refractivity contribution >= 4 is 33.2 Å². The van der Waals surface area contributed by atoms with Crippen LogP contribution in [0.15, 0.2) is 48.6 Å². The van der Waals surface area contributed by atoms with Crippen LogP contribution in [0.2, 0.25) is 5.02 Å². The van der Waals surface area contributed by atoms with Crippen molar-refractivity contribution in [2.45, 2.75) is 81.5 Å². The number of sulfonamides is 1. The Morgan fingerprint density at radius 3 is 2.66 bits per heavy atom. The lowest BCUT2D eigenvalue weighted by Crippen LogP contribution is -2.53. The van der Waals surface area contributed by atoms with E-state index >= 15 is 0 Å². The number of nitrogens with one attached hydrogen (secondary N) is 1. The molecule has 2 aromatic carbocycles. The minimum atomic E-state index is -3.93. The van der Waals surface area contributed by atoms with Crippen LogP contribution in [-0.4, -0.2) is 50.0 Å². The van der Waals surface area contributed by atoms with Crippen LogP contribution < -0.4 is 14.4 Å². The van der Waals surface area contributed by atoms with Gasteiger partial charge in [0, 0.05) is 29.1 Å². The van der Waals surface area contributed by atoms with E-state index in [4.69, 9.17) is 16.3 Å². The number of ether oxygens (including phenoxy) is 1. The molecule has 7 rings (SSSR count). The highest BCUT2D eigenvalue weighted by atomic mass is 35.5. The van der Waals surface area contributed by atoms with Crippen LogP contribution in [0.4, 0.5) is 5.69 Å². The maximum Gasteiger partial charge on any atom is 0.264 e. The van der Waals surface area contributed by atoms with Gasteiger partial charge in [-0.05, 0) is 123 Å². The second kappa shape index (κ2) is 11.1. The number of rotatable bonds is 1. The fraction of sp³-hybridized carbons (Fsp3) is 0.571. The zero-order chi connectivity index (χ0) is 30.9. The van der Waals surface area contributed by atoms with Crippen molar-refractivity contribution in [1.82, 2.24) is 4.72 Å². The van der Waals surface area contributed by atoms with Gasteiger partial charge in [-0.2, -0.15) is 0 Å². The predicted molar refractivity (Wildman–Crippen MR) is 173 cm³/mol. The van der Waals surface area contributed by atoms with E-state index in [9.17, 15) is 18.3 Å². The van der Waals surface area contributed by atoms with Crippen LogP contribution in [-0.2, 0) is 21.9 Å². The average molecular weight is 639 g/mol. The first kappa shape index (κ1) is 30.1. The van der Waals surface area contributed by atoms with E-state index in [0.29, 0.717) is 30.9 Å². The van der Waals surface area contributed by atoms with E-state index in [0.717, 1.165) is 62.2 Å². The third-order valence-corrected chi connectivity index (χ3v) is 13.6. The topological polar surface area (TPSA) is 95.9 Å². The first-order valence-electron chi connectivity index (χ1n) is 16.3. The van der Waals surface area contributed by atoms with Crippen molar-refractivity contribution in [3.63, 3.8) is 0 Å². The maximum atomic E-state index is 13.4. The summed E-state index contributed by atoms with van der Waals surface area (Å²) in [6, 6.07) is 11.5. The van der Waals surface area contributed by atoms with E-state index in [1.807, 2.05) is 31.2 Å². The summed E-state index contributed by atoms with van der Waals surface area (Å²) in [6.45, 7) is 5.46. The van der Waals surface area contributed by atoms with Gasteiger partial charge in [0.15, 0.2) is 0 Å². The van der Waals surface area contributed by atoms with Gasteiger partial charge in [-0.25, -0.2) is 13.1 Å². The number of benzene rings is 2. The number of nitrogens with zero attached hydrogens (tertiary/aromatic N) is 1. The number of aryl methyl sites for hydroxylation is 1. The Labute approximate surface area is 266 Å². The molecule has 0 radical (unpaired) electrons. The van der Waals surface area contributed by atoms with Crippen LogP contribution >= 0.6 is 11.6 Å². The van der Waals surface area contributed by atoms with Gasteiger partial charge in [0.2, 0.25) is 10.0 Å². The molecule has 2 saturated carbocycles. The summed E-state index contributed by atoms with van der Waals surface area (Å²) >= 11 is 6.42. The summed E-state index contributed by atoms with van der Waals surface area (Å²) in [4.78, 5) is 15.8. The lowest BCUT2D eigenvalue weighted by molar-refractivity contribution is -0.0606. The number of carbonyl (C=O) groups excluding carboxylic acids is 1. The lowest BCUT2D eigenvalue weighted by Gasteiger charge is -2.49. The van der Waals surface area contributed by atoms with E-state index in [2.05, 4.69) is 21.8 Å². The molecule has 236 valence electrons. The predicted octanol–water partition coefficient (Wildman–Crippen LogP) is 6.02. The van der Waals surface area contributed by atoms with E-state index < -0.39 is 26.8 Å². The number of fused-ring (bicyclic) bond motifs is 4. The van der Waals surface area contributed by atoms with Gasteiger partial charge >= 0.3 is 0 Å². The zero-order valence-electron chi connectivity index (χ0n) is 25.6. The summed E-state index contributed by atoms with van der Waals surface area (Å²) in [7, 11) is -3.93. The number of aliphatic hydroxyl groups is 1. The molecule has 0 aromatic heterocycles. The van der Waals surface area contributed by atoms with Crippen molar-refractivity contribution in [2.75, 3.05) is 24.6 Å². The molecule has 1 amide bonds. The number of allylic oxidation sites excluding steroid dienone is 1. The van der Waals surface area contributed by atoms with Crippen LogP contribution in [0.1, 0.15) is 80.3 Å². The Hall–Kier alpha value is -2.55. The standard InChI is InChI=1S/C35H43ClN2O5S/c1-22-5-3-16-35(40,27-9-10-27)30-12-7-26(30)19-38-20-34(15-4-6-24-17-28(36)11-13-29(24)34)21-43-32-14-8-25(18-31(32)38)33(39)37-44(41,42)23(22)2/h3,8,11,13-14,16-18,22-23,26-27,30,40H,4-7,9-10,12,15,19-21H2,1-2H3,(H,37,39)/b16-3+/t22-,23+,26-,30+,34-,35+/m0/s1. The van der Waals surface area contributed by atoms with Gasteiger partial charge in [0.25, 0.3) is 5.91 Å². The minimum absolute atomic E-state index is 0.128. The van der Waals surface area contributed by atoms with Gasteiger partial charge in [-0.15, -0.1) is 0 Å². The normalized spacial score (nSPS) is 35.7. The monoisotopic (exact) mass is 638 g/mol. The third-order valence-electron chi connectivity index (χ3n) is 11.4.